The van der Waals surface area contributed by atoms with Crippen molar-refractivity contribution in [3.05, 3.63) is 65.2 Å². The molecule has 0 unspecified atom stereocenters. The highest BCUT2D eigenvalue weighted by molar-refractivity contribution is 5.94. The minimum Gasteiger partial charge on any atom is -0.338 e. The number of hydrogen-bond donors (Lipinski definition) is 2. The second-order valence-corrected chi connectivity index (χ2v) is 7.54. The van der Waals surface area contributed by atoms with E-state index in [1.165, 1.54) is 12.1 Å². The van der Waals surface area contributed by atoms with E-state index < -0.39 is 11.7 Å². The van der Waals surface area contributed by atoms with Crippen molar-refractivity contribution in [2.75, 3.05) is 25.0 Å². The van der Waals surface area contributed by atoms with Gasteiger partial charge in [0, 0.05) is 30.9 Å². The zero-order chi connectivity index (χ0) is 21.7. The van der Waals surface area contributed by atoms with Crippen molar-refractivity contribution in [1.82, 2.24) is 10.2 Å². The van der Waals surface area contributed by atoms with Crippen LogP contribution in [0.2, 0.25) is 0 Å². The summed E-state index contributed by atoms with van der Waals surface area (Å²) in [5, 5.41) is 5.59. The van der Waals surface area contributed by atoms with Crippen LogP contribution < -0.4 is 10.6 Å². The van der Waals surface area contributed by atoms with E-state index in [4.69, 9.17) is 0 Å². The van der Waals surface area contributed by atoms with Gasteiger partial charge in [-0.05, 0) is 62.1 Å². The fourth-order valence-electron chi connectivity index (χ4n) is 3.45. The fraction of sp³-hybridized carbons (Fsp3) is 0.364. The second kappa shape index (κ2) is 9.19. The number of alkyl halides is 3. The van der Waals surface area contributed by atoms with Gasteiger partial charge in [-0.3, -0.25) is 4.79 Å². The molecule has 2 aromatic rings. The number of carbonyl (C=O) groups excluding carboxylic acids is 2. The Balaban J connectivity index is 1.51. The molecule has 1 aliphatic rings. The molecule has 0 spiro atoms. The van der Waals surface area contributed by atoms with Crippen LogP contribution in [0.5, 0.6) is 0 Å². The second-order valence-electron chi connectivity index (χ2n) is 7.54. The van der Waals surface area contributed by atoms with Gasteiger partial charge in [-0.2, -0.15) is 13.2 Å². The molecule has 0 aliphatic carbocycles. The first-order chi connectivity index (χ1) is 14.2. The Morgan fingerprint density at radius 2 is 1.73 bits per heavy atom. The van der Waals surface area contributed by atoms with Crippen LogP contribution in [0.15, 0.2) is 48.5 Å². The summed E-state index contributed by atoms with van der Waals surface area (Å²) in [4.78, 5) is 26.4. The molecule has 1 aliphatic heterocycles. The summed E-state index contributed by atoms with van der Waals surface area (Å²) in [5.74, 6) is -0.210. The molecule has 8 heteroatoms. The molecule has 2 aromatic carbocycles. The number of piperidine rings is 1. The predicted molar refractivity (Wildman–Crippen MR) is 108 cm³/mol. The van der Waals surface area contributed by atoms with Crippen LogP contribution in [0, 0.1) is 12.8 Å². The topological polar surface area (TPSA) is 61.4 Å². The van der Waals surface area contributed by atoms with Gasteiger partial charge < -0.3 is 15.5 Å². The molecule has 30 heavy (non-hydrogen) atoms. The van der Waals surface area contributed by atoms with Crippen LogP contribution in [-0.2, 0) is 6.18 Å². The van der Waals surface area contributed by atoms with E-state index >= 15 is 0 Å². The molecule has 3 amide bonds. The van der Waals surface area contributed by atoms with Crippen molar-refractivity contribution in [3.63, 3.8) is 0 Å². The summed E-state index contributed by atoms with van der Waals surface area (Å²) < 4.78 is 38.1. The average molecular weight is 419 g/mol. The highest BCUT2D eigenvalue weighted by Crippen LogP contribution is 2.29. The molecule has 0 bridgehead atoms. The largest absolute Gasteiger partial charge is 0.416 e. The van der Waals surface area contributed by atoms with Gasteiger partial charge in [0.05, 0.1) is 5.56 Å². The van der Waals surface area contributed by atoms with Gasteiger partial charge in [0.25, 0.3) is 5.91 Å². The number of anilines is 1. The van der Waals surface area contributed by atoms with E-state index in [2.05, 4.69) is 10.6 Å². The Morgan fingerprint density at radius 1 is 1.07 bits per heavy atom. The van der Waals surface area contributed by atoms with Crippen LogP contribution >= 0.6 is 0 Å². The van der Waals surface area contributed by atoms with Crippen LogP contribution in [-0.4, -0.2) is 36.5 Å². The van der Waals surface area contributed by atoms with E-state index in [-0.39, 0.29) is 23.4 Å². The lowest BCUT2D eigenvalue weighted by Crippen LogP contribution is -2.44. The van der Waals surface area contributed by atoms with Gasteiger partial charge in [-0.15, -0.1) is 0 Å². The monoisotopic (exact) mass is 419 g/mol. The smallest absolute Gasteiger partial charge is 0.338 e. The van der Waals surface area contributed by atoms with Gasteiger partial charge in [0.1, 0.15) is 0 Å². The van der Waals surface area contributed by atoms with Crippen LogP contribution in [0.4, 0.5) is 23.7 Å². The lowest BCUT2D eigenvalue weighted by molar-refractivity contribution is -0.137. The molecule has 1 heterocycles. The number of amides is 3. The summed E-state index contributed by atoms with van der Waals surface area (Å²) in [6.45, 7) is 3.37. The Hall–Kier alpha value is -3.03. The summed E-state index contributed by atoms with van der Waals surface area (Å²) in [6, 6.07) is 11.4. The Labute approximate surface area is 173 Å². The van der Waals surface area contributed by atoms with Gasteiger partial charge in [-0.25, -0.2) is 4.79 Å². The van der Waals surface area contributed by atoms with Gasteiger partial charge in [0.2, 0.25) is 0 Å². The average Bonchev–Trinajstić information content (AvgIpc) is 2.73. The summed E-state index contributed by atoms with van der Waals surface area (Å²) in [6.07, 6.45) is -2.79. The summed E-state index contributed by atoms with van der Waals surface area (Å²) in [7, 11) is 0. The molecule has 5 nitrogen and oxygen atoms in total. The Kier molecular flexibility index (Phi) is 6.64. The number of benzene rings is 2. The zero-order valence-electron chi connectivity index (χ0n) is 16.6. The summed E-state index contributed by atoms with van der Waals surface area (Å²) >= 11 is 0. The number of likely N-dealkylation sites (tertiary alicyclic amines) is 1. The fourth-order valence-corrected chi connectivity index (χ4v) is 3.45. The molecule has 3 rings (SSSR count). The molecule has 1 atom stereocenters. The number of hydrogen-bond acceptors (Lipinski definition) is 2. The minimum absolute atomic E-state index is 0.0842. The predicted octanol–water partition coefficient (Wildman–Crippen LogP) is 4.69. The number of aryl methyl sites for hydroxylation is 1. The van der Waals surface area contributed by atoms with Gasteiger partial charge in [0.15, 0.2) is 0 Å². The number of halogens is 3. The molecule has 160 valence electrons. The minimum atomic E-state index is -4.43. The standard InChI is InChI=1S/C22H24F3N3O2/c1-15-4-10-19(11-5-15)27-21(30)26-13-16-3-2-12-28(14-16)20(29)17-6-8-18(9-7-17)22(23,24)25/h4-11,16H,2-3,12-14H2,1H3,(H2,26,27,30)/t16-/m0/s1. The number of urea groups is 1. The maximum atomic E-state index is 12.7. The summed E-state index contributed by atoms with van der Waals surface area (Å²) in [5.41, 5.74) is 1.25. The molecule has 2 N–H and O–H groups in total. The van der Waals surface area contributed by atoms with Gasteiger partial charge >= 0.3 is 12.2 Å². The van der Waals surface area contributed by atoms with Gasteiger partial charge in [-0.1, -0.05) is 17.7 Å². The molecular formula is C22H24F3N3O2. The van der Waals surface area contributed by atoms with Crippen LogP contribution in [0.25, 0.3) is 0 Å². The van der Waals surface area contributed by atoms with Crippen molar-refractivity contribution in [3.8, 4) is 0 Å². The third kappa shape index (κ3) is 5.75. The van der Waals surface area contributed by atoms with Crippen molar-refractivity contribution < 1.29 is 22.8 Å². The molecular weight excluding hydrogens is 395 g/mol. The molecule has 1 fully saturated rings. The van der Waals surface area contributed by atoms with Crippen LogP contribution in [0.3, 0.4) is 0 Å². The number of rotatable bonds is 4. The third-order valence-corrected chi connectivity index (χ3v) is 5.13. The van der Waals surface area contributed by atoms with E-state index in [1.54, 1.807) is 4.90 Å². The Morgan fingerprint density at radius 3 is 2.37 bits per heavy atom. The van der Waals surface area contributed by atoms with E-state index in [1.807, 2.05) is 31.2 Å². The first-order valence-electron chi connectivity index (χ1n) is 9.80. The first kappa shape index (κ1) is 21.7. The lowest BCUT2D eigenvalue weighted by atomic mass is 9.97. The maximum Gasteiger partial charge on any atom is 0.416 e. The van der Waals surface area contributed by atoms with Crippen molar-refractivity contribution >= 4 is 17.6 Å². The highest BCUT2D eigenvalue weighted by atomic mass is 19.4. The molecule has 0 radical (unpaired) electrons. The first-order valence-corrected chi connectivity index (χ1v) is 9.80. The quantitative estimate of drug-likeness (QED) is 0.756. The normalized spacial score (nSPS) is 16.8. The van der Waals surface area contributed by atoms with Crippen molar-refractivity contribution in [2.24, 2.45) is 5.92 Å². The molecule has 1 saturated heterocycles. The third-order valence-electron chi connectivity index (χ3n) is 5.13. The molecule has 0 aromatic heterocycles. The van der Waals surface area contributed by atoms with E-state index in [0.717, 1.165) is 30.5 Å². The zero-order valence-corrected chi connectivity index (χ0v) is 16.6. The SMILES string of the molecule is Cc1ccc(NC(=O)NC[C@@H]2CCCN(C(=O)c3ccc(C(F)(F)F)cc3)C2)cc1. The highest BCUT2D eigenvalue weighted by Gasteiger charge is 2.31. The number of nitrogens with zero attached hydrogens (tertiary/aromatic N) is 1. The maximum absolute atomic E-state index is 12.7. The van der Waals surface area contributed by atoms with Crippen molar-refractivity contribution in [2.45, 2.75) is 25.9 Å². The number of nitrogens with one attached hydrogen (secondary N) is 2. The lowest BCUT2D eigenvalue weighted by Gasteiger charge is -2.33. The number of carbonyl (C=O) groups is 2. The van der Waals surface area contributed by atoms with Crippen molar-refractivity contribution in [1.29, 1.82) is 0 Å². The van der Waals surface area contributed by atoms with E-state index in [9.17, 15) is 22.8 Å². The van der Waals surface area contributed by atoms with Crippen LogP contribution in [0.1, 0.15) is 34.3 Å². The van der Waals surface area contributed by atoms with E-state index in [0.29, 0.717) is 25.3 Å². The molecule has 0 saturated carbocycles. The Bertz CT molecular complexity index is 880.